The van der Waals surface area contributed by atoms with Gasteiger partial charge in [-0.15, -0.1) is 0 Å². The van der Waals surface area contributed by atoms with Gasteiger partial charge in [-0.2, -0.15) is 0 Å². The summed E-state index contributed by atoms with van der Waals surface area (Å²) < 4.78 is 4.76. The number of hydrogen-bond donors (Lipinski definition) is 1. The molecule has 0 aliphatic heterocycles. The highest BCUT2D eigenvalue weighted by Crippen LogP contribution is 2.22. The van der Waals surface area contributed by atoms with Crippen LogP contribution in [0.4, 0.5) is 5.82 Å². The van der Waals surface area contributed by atoms with E-state index in [0.717, 1.165) is 5.69 Å². The van der Waals surface area contributed by atoms with E-state index in [-0.39, 0.29) is 5.41 Å². The summed E-state index contributed by atoms with van der Waals surface area (Å²) in [5.41, 5.74) is 0.664. The lowest BCUT2D eigenvalue weighted by Gasteiger charge is -2.17. The SMILES string of the molecule is CC(C)(C)c1nc(Cl)cc(NCc2ccon2)n1. The molecule has 0 saturated carbocycles. The van der Waals surface area contributed by atoms with Crippen LogP contribution in [0.1, 0.15) is 32.3 Å². The fraction of sp³-hybridized carbons (Fsp3) is 0.417. The van der Waals surface area contributed by atoms with Gasteiger partial charge >= 0.3 is 0 Å². The van der Waals surface area contributed by atoms with Crippen LogP contribution in [-0.4, -0.2) is 15.1 Å². The highest BCUT2D eigenvalue weighted by atomic mass is 35.5. The minimum absolute atomic E-state index is 0.144. The predicted octanol–water partition coefficient (Wildman–Crippen LogP) is 3.03. The molecule has 0 unspecified atom stereocenters. The summed E-state index contributed by atoms with van der Waals surface area (Å²) in [6, 6.07) is 3.48. The summed E-state index contributed by atoms with van der Waals surface area (Å²) >= 11 is 5.99. The van der Waals surface area contributed by atoms with E-state index in [1.165, 1.54) is 6.26 Å². The maximum atomic E-state index is 5.99. The number of rotatable bonds is 3. The van der Waals surface area contributed by atoms with Gasteiger partial charge in [0.05, 0.1) is 6.54 Å². The molecule has 0 bridgehead atoms. The molecule has 2 heterocycles. The Morgan fingerprint density at radius 3 is 2.72 bits per heavy atom. The van der Waals surface area contributed by atoms with E-state index in [2.05, 4.69) is 20.4 Å². The third-order valence-corrected chi connectivity index (χ3v) is 2.50. The van der Waals surface area contributed by atoms with Crippen molar-refractivity contribution in [3.05, 3.63) is 35.1 Å². The van der Waals surface area contributed by atoms with Crippen LogP contribution in [0.5, 0.6) is 0 Å². The fourth-order valence-electron chi connectivity index (χ4n) is 1.35. The van der Waals surface area contributed by atoms with E-state index in [4.69, 9.17) is 16.1 Å². The van der Waals surface area contributed by atoms with Crippen LogP contribution in [0.3, 0.4) is 0 Å². The van der Waals surface area contributed by atoms with E-state index >= 15 is 0 Å². The summed E-state index contributed by atoms with van der Waals surface area (Å²) in [5, 5.41) is 7.38. The summed E-state index contributed by atoms with van der Waals surface area (Å²) in [5.74, 6) is 1.39. The molecular weight excluding hydrogens is 252 g/mol. The van der Waals surface area contributed by atoms with Gasteiger partial charge in [-0.1, -0.05) is 37.5 Å². The molecule has 5 nitrogen and oxygen atoms in total. The lowest BCUT2D eigenvalue weighted by molar-refractivity contribution is 0.412. The number of nitrogens with one attached hydrogen (secondary N) is 1. The Hall–Kier alpha value is -1.62. The van der Waals surface area contributed by atoms with Crippen LogP contribution in [0, 0.1) is 0 Å². The topological polar surface area (TPSA) is 63.8 Å². The smallest absolute Gasteiger partial charge is 0.137 e. The second-order valence-corrected chi connectivity index (χ2v) is 5.38. The highest BCUT2D eigenvalue weighted by Gasteiger charge is 2.18. The number of halogens is 1. The van der Waals surface area contributed by atoms with E-state index < -0.39 is 0 Å². The van der Waals surface area contributed by atoms with Gasteiger partial charge in [-0.3, -0.25) is 0 Å². The number of aromatic nitrogens is 3. The zero-order valence-electron chi connectivity index (χ0n) is 10.6. The third kappa shape index (κ3) is 3.20. The molecule has 0 saturated heterocycles. The van der Waals surface area contributed by atoms with Gasteiger partial charge in [0.2, 0.25) is 0 Å². The first-order valence-corrected chi connectivity index (χ1v) is 6.01. The zero-order valence-corrected chi connectivity index (χ0v) is 11.3. The molecule has 0 spiro atoms. The average molecular weight is 267 g/mol. The van der Waals surface area contributed by atoms with Crippen molar-refractivity contribution < 1.29 is 4.52 Å². The Balaban J connectivity index is 2.15. The van der Waals surface area contributed by atoms with Gasteiger partial charge < -0.3 is 9.84 Å². The summed E-state index contributed by atoms with van der Waals surface area (Å²) in [6.07, 6.45) is 1.53. The maximum Gasteiger partial charge on any atom is 0.137 e. The lowest BCUT2D eigenvalue weighted by atomic mass is 9.96. The number of hydrogen-bond acceptors (Lipinski definition) is 5. The van der Waals surface area contributed by atoms with Crippen molar-refractivity contribution in [2.45, 2.75) is 32.7 Å². The standard InChI is InChI=1S/C12H15ClN4O/c1-12(2,3)11-15-9(13)6-10(16-11)14-7-8-4-5-18-17-8/h4-6H,7H2,1-3H3,(H,14,15,16). The molecule has 0 aliphatic rings. The van der Waals surface area contributed by atoms with Crippen molar-refractivity contribution >= 4 is 17.4 Å². The molecule has 96 valence electrons. The molecule has 6 heteroatoms. The first-order chi connectivity index (χ1) is 8.45. The van der Waals surface area contributed by atoms with Crippen molar-refractivity contribution in [2.75, 3.05) is 5.32 Å². The third-order valence-electron chi connectivity index (χ3n) is 2.31. The Kier molecular flexibility index (Phi) is 3.52. The Labute approximate surface area is 111 Å². The molecule has 0 atom stereocenters. The van der Waals surface area contributed by atoms with Gasteiger partial charge in [0.25, 0.3) is 0 Å². The van der Waals surface area contributed by atoms with Crippen LogP contribution in [0.2, 0.25) is 5.15 Å². The molecule has 0 aromatic carbocycles. The Morgan fingerprint density at radius 1 is 1.33 bits per heavy atom. The van der Waals surface area contributed by atoms with Crippen LogP contribution >= 0.6 is 11.6 Å². The molecule has 0 radical (unpaired) electrons. The van der Waals surface area contributed by atoms with Gasteiger partial charge in [0.15, 0.2) is 0 Å². The second-order valence-electron chi connectivity index (χ2n) is 4.99. The minimum atomic E-state index is -0.144. The Bertz CT molecular complexity index is 519. The van der Waals surface area contributed by atoms with Crippen LogP contribution in [-0.2, 0) is 12.0 Å². The molecule has 0 amide bonds. The number of anilines is 1. The van der Waals surface area contributed by atoms with Crippen molar-refractivity contribution in [3.8, 4) is 0 Å². The Morgan fingerprint density at radius 2 is 2.11 bits per heavy atom. The molecule has 2 aromatic rings. The molecule has 0 fully saturated rings. The molecular formula is C12H15ClN4O. The fourth-order valence-corrected chi connectivity index (χ4v) is 1.54. The predicted molar refractivity (Wildman–Crippen MR) is 69.6 cm³/mol. The lowest BCUT2D eigenvalue weighted by Crippen LogP contribution is -2.17. The van der Waals surface area contributed by atoms with Crippen LogP contribution < -0.4 is 5.32 Å². The monoisotopic (exact) mass is 266 g/mol. The van der Waals surface area contributed by atoms with E-state index in [1.807, 2.05) is 20.8 Å². The van der Waals surface area contributed by atoms with Crippen molar-refractivity contribution in [2.24, 2.45) is 0 Å². The summed E-state index contributed by atoms with van der Waals surface area (Å²) in [6.45, 7) is 6.66. The van der Waals surface area contributed by atoms with Gasteiger partial charge in [-0.05, 0) is 0 Å². The first kappa shape index (κ1) is 12.8. The van der Waals surface area contributed by atoms with Crippen molar-refractivity contribution in [1.82, 2.24) is 15.1 Å². The van der Waals surface area contributed by atoms with E-state index in [0.29, 0.717) is 23.3 Å². The van der Waals surface area contributed by atoms with Crippen molar-refractivity contribution in [3.63, 3.8) is 0 Å². The van der Waals surface area contributed by atoms with E-state index in [1.54, 1.807) is 12.1 Å². The molecule has 2 aromatic heterocycles. The maximum absolute atomic E-state index is 5.99. The van der Waals surface area contributed by atoms with Crippen LogP contribution in [0.15, 0.2) is 22.9 Å². The summed E-state index contributed by atoms with van der Waals surface area (Å²) in [7, 11) is 0. The molecule has 0 aliphatic carbocycles. The molecule has 18 heavy (non-hydrogen) atoms. The normalized spacial score (nSPS) is 11.6. The zero-order chi connectivity index (χ0) is 13.2. The first-order valence-electron chi connectivity index (χ1n) is 5.63. The minimum Gasteiger partial charge on any atom is -0.364 e. The quantitative estimate of drug-likeness (QED) is 0.865. The van der Waals surface area contributed by atoms with Gasteiger partial charge in [-0.25, -0.2) is 9.97 Å². The second kappa shape index (κ2) is 4.94. The average Bonchev–Trinajstić information content (AvgIpc) is 2.77. The molecule has 2 rings (SSSR count). The largest absolute Gasteiger partial charge is 0.364 e. The van der Waals surface area contributed by atoms with Gasteiger partial charge in [0, 0.05) is 17.5 Å². The number of nitrogens with zero attached hydrogens (tertiary/aromatic N) is 3. The highest BCUT2D eigenvalue weighted by molar-refractivity contribution is 6.29. The molecule has 1 N–H and O–H groups in total. The van der Waals surface area contributed by atoms with E-state index in [9.17, 15) is 0 Å². The van der Waals surface area contributed by atoms with Crippen LogP contribution in [0.25, 0.3) is 0 Å². The van der Waals surface area contributed by atoms with Crippen molar-refractivity contribution in [1.29, 1.82) is 0 Å². The summed E-state index contributed by atoms with van der Waals surface area (Å²) in [4.78, 5) is 8.67. The van der Waals surface area contributed by atoms with Gasteiger partial charge in [0.1, 0.15) is 28.8 Å².